The second-order valence-electron chi connectivity index (χ2n) is 7.73. The molecule has 1 aliphatic rings. The van der Waals surface area contributed by atoms with E-state index < -0.39 is 15.9 Å². The van der Waals surface area contributed by atoms with Gasteiger partial charge in [-0.1, -0.05) is 31.1 Å². The maximum atomic E-state index is 12.8. The molecule has 0 bridgehead atoms. The Morgan fingerprint density at radius 1 is 1.28 bits per heavy atom. The van der Waals surface area contributed by atoms with Crippen molar-refractivity contribution in [3.63, 3.8) is 0 Å². The molecule has 0 saturated carbocycles. The van der Waals surface area contributed by atoms with Gasteiger partial charge in [-0.2, -0.15) is 4.31 Å². The number of aromatic nitrogens is 2. The van der Waals surface area contributed by atoms with Crippen molar-refractivity contribution < 1.29 is 17.6 Å². The van der Waals surface area contributed by atoms with Crippen molar-refractivity contribution >= 4 is 45.0 Å². The molecule has 4 rings (SSSR count). The lowest BCUT2D eigenvalue weighted by molar-refractivity contribution is -0.121. The smallest absolute Gasteiger partial charge is 0.322 e. The average molecular weight is 493 g/mol. The van der Waals surface area contributed by atoms with Gasteiger partial charge in [-0.25, -0.2) is 8.42 Å². The molecule has 1 saturated heterocycles. The van der Waals surface area contributed by atoms with Crippen LogP contribution in [0.2, 0.25) is 0 Å². The van der Waals surface area contributed by atoms with Crippen LogP contribution in [0.15, 0.2) is 55.3 Å². The Labute approximate surface area is 195 Å². The Bertz CT molecular complexity index is 1180. The second-order valence-corrected chi connectivity index (χ2v) is 12.5. The van der Waals surface area contributed by atoms with E-state index in [2.05, 4.69) is 29.4 Å². The molecule has 1 aromatic carbocycles. The summed E-state index contributed by atoms with van der Waals surface area (Å²) in [5.41, 5.74) is 0.773. The maximum Gasteiger partial charge on any atom is 0.322 e. The predicted octanol–water partition coefficient (Wildman–Crippen LogP) is 4.34. The number of thioether (sulfide) groups is 1. The highest BCUT2D eigenvalue weighted by Gasteiger charge is 2.34. The lowest BCUT2D eigenvalue weighted by Gasteiger charge is -2.30. The number of sulfonamides is 1. The molecule has 1 fully saturated rings. The summed E-state index contributed by atoms with van der Waals surface area (Å²) in [5, 5.41) is 12.8. The second kappa shape index (κ2) is 9.74. The molecular formula is C21H24N4O4S3. The molecule has 3 heterocycles. The SMILES string of the molecule is CC(C)Sc1cccc(-c2nnc(NC(=O)C3CCCN(S(=O)(=O)c4cccs4)C3)o2)c1. The standard InChI is InChI=1S/C21H24N4O4S3/c1-14(2)31-17-8-3-6-15(12-17)20-23-24-21(29-20)22-19(26)16-7-4-10-25(13-16)32(27,28)18-9-5-11-30-18/h3,5-6,8-9,11-12,14,16H,4,7,10,13H2,1-2H3,(H,22,24,26). The van der Waals surface area contributed by atoms with E-state index in [4.69, 9.17) is 4.42 Å². The minimum atomic E-state index is -3.58. The van der Waals surface area contributed by atoms with E-state index >= 15 is 0 Å². The minimum absolute atomic E-state index is 0.00477. The molecule has 1 N–H and O–H groups in total. The lowest BCUT2D eigenvalue weighted by Crippen LogP contribution is -2.43. The van der Waals surface area contributed by atoms with Gasteiger partial charge >= 0.3 is 6.01 Å². The number of nitrogens with one attached hydrogen (secondary N) is 1. The molecule has 170 valence electrons. The average Bonchev–Trinajstić information content (AvgIpc) is 3.46. The number of benzene rings is 1. The number of rotatable bonds is 7. The number of amides is 1. The summed E-state index contributed by atoms with van der Waals surface area (Å²) in [4.78, 5) is 13.9. The fourth-order valence-electron chi connectivity index (χ4n) is 3.48. The van der Waals surface area contributed by atoms with Crippen LogP contribution in [0.5, 0.6) is 0 Å². The van der Waals surface area contributed by atoms with Crippen molar-refractivity contribution in [1.29, 1.82) is 0 Å². The third-order valence-corrected chi connectivity index (χ3v) is 9.19. The first kappa shape index (κ1) is 23.0. The monoisotopic (exact) mass is 492 g/mol. The molecule has 11 heteroatoms. The maximum absolute atomic E-state index is 12.8. The van der Waals surface area contributed by atoms with E-state index in [0.717, 1.165) is 10.5 Å². The Balaban J connectivity index is 1.42. The molecule has 1 atom stereocenters. The summed E-state index contributed by atoms with van der Waals surface area (Å²) >= 11 is 2.91. The molecular weight excluding hydrogens is 468 g/mol. The third kappa shape index (κ3) is 5.22. The zero-order valence-electron chi connectivity index (χ0n) is 17.7. The quantitative estimate of drug-likeness (QED) is 0.489. The molecule has 32 heavy (non-hydrogen) atoms. The first-order valence-corrected chi connectivity index (χ1v) is 13.5. The number of hydrogen-bond acceptors (Lipinski definition) is 8. The van der Waals surface area contributed by atoms with Crippen LogP contribution in [0.4, 0.5) is 6.01 Å². The highest BCUT2D eigenvalue weighted by Crippen LogP contribution is 2.29. The van der Waals surface area contributed by atoms with Crippen molar-refractivity contribution in [3.8, 4) is 11.5 Å². The largest absolute Gasteiger partial charge is 0.403 e. The minimum Gasteiger partial charge on any atom is -0.403 e. The fraction of sp³-hybridized carbons (Fsp3) is 0.381. The molecule has 1 unspecified atom stereocenters. The van der Waals surface area contributed by atoms with Crippen LogP contribution in [0.25, 0.3) is 11.5 Å². The van der Waals surface area contributed by atoms with Gasteiger partial charge in [0, 0.05) is 28.8 Å². The lowest BCUT2D eigenvalue weighted by atomic mass is 9.99. The summed E-state index contributed by atoms with van der Waals surface area (Å²) in [5.74, 6) is -0.493. The molecule has 0 radical (unpaired) electrons. The van der Waals surface area contributed by atoms with Crippen molar-refractivity contribution in [1.82, 2.24) is 14.5 Å². The van der Waals surface area contributed by atoms with Crippen molar-refractivity contribution in [3.05, 3.63) is 41.8 Å². The summed E-state index contributed by atoms with van der Waals surface area (Å²) in [6.07, 6.45) is 1.20. The number of hydrogen-bond donors (Lipinski definition) is 1. The summed E-state index contributed by atoms with van der Waals surface area (Å²) in [6.45, 7) is 4.77. The van der Waals surface area contributed by atoms with Gasteiger partial charge in [0.15, 0.2) is 0 Å². The zero-order valence-corrected chi connectivity index (χ0v) is 20.2. The number of thiophene rings is 1. The van der Waals surface area contributed by atoms with Crippen LogP contribution in [0, 0.1) is 5.92 Å². The van der Waals surface area contributed by atoms with E-state index in [1.165, 1.54) is 15.6 Å². The van der Waals surface area contributed by atoms with Gasteiger partial charge in [0.25, 0.3) is 10.0 Å². The highest BCUT2D eigenvalue weighted by atomic mass is 32.2. The van der Waals surface area contributed by atoms with Crippen LogP contribution in [-0.4, -0.2) is 47.2 Å². The Morgan fingerprint density at radius 2 is 2.12 bits per heavy atom. The number of carbonyl (C=O) groups excluding carboxylic acids is 1. The normalized spacial score (nSPS) is 17.5. The van der Waals surface area contributed by atoms with E-state index in [9.17, 15) is 13.2 Å². The first-order chi connectivity index (χ1) is 15.3. The number of piperidine rings is 1. The number of carbonyl (C=O) groups is 1. The van der Waals surface area contributed by atoms with E-state index in [-0.39, 0.29) is 22.7 Å². The Kier molecular flexibility index (Phi) is 6.99. The van der Waals surface area contributed by atoms with Gasteiger partial charge < -0.3 is 4.42 Å². The van der Waals surface area contributed by atoms with Gasteiger partial charge in [0.05, 0.1) is 5.92 Å². The van der Waals surface area contributed by atoms with Crippen molar-refractivity contribution in [2.75, 3.05) is 18.4 Å². The first-order valence-electron chi connectivity index (χ1n) is 10.3. The van der Waals surface area contributed by atoms with Crippen molar-refractivity contribution in [2.45, 2.75) is 41.0 Å². The van der Waals surface area contributed by atoms with Gasteiger partial charge in [-0.3, -0.25) is 10.1 Å². The van der Waals surface area contributed by atoms with Crippen LogP contribution in [0.3, 0.4) is 0 Å². The molecule has 0 aliphatic carbocycles. The summed E-state index contributed by atoms with van der Waals surface area (Å²) in [6, 6.07) is 11.1. The topological polar surface area (TPSA) is 105 Å². The van der Waals surface area contributed by atoms with Crippen LogP contribution in [0.1, 0.15) is 26.7 Å². The number of nitrogens with zero attached hydrogens (tertiary/aromatic N) is 3. The molecule has 3 aromatic rings. The van der Waals surface area contributed by atoms with Gasteiger partial charge in [0.1, 0.15) is 4.21 Å². The van der Waals surface area contributed by atoms with Gasteiger partial charge in [0.2, 0.25) is 11.8 Å². The van der Waals surface area contributed by atoms with Gasteiger partial charge in [-0.05, 0) is 42.5 Å². The predicted molar refractivity (Wildman–Crippen MR) is 125 cm³/mol. The van der Waals surface area contributed by atoms with Gasteiger partial charge in [-0.15, -0.1) is 28.2 Å². The van der Waals surface area contributed by atoms with Crippen LogP contribution < -0.4 is 5.32 Å². The summed E-state index contributed by atoms with van der Waals surface area (Å²) < 4.78 is 32.9. The Hall–Kier alpha value is -2.21. The molecule has 1 amide bonds. The molecule has 1 aliphatic heterocycles. The van der Waals surface area contributed by atoms with Crippen molar-refractivity contribution in [2.24, 2.45) is 5.92 Å². The van der Waals surface area contributed by atoms with E-state index in [0.29, 0.717) is 30.5 Å². The molecule has 8 nitrogen and oxygen atoms in total. The van der Waals surface area contributed by atoms with E-state index in [1.54, 1.807) is 29.3 Å². The van der Waals surface area contributed by atoms with Crippen LogP contribution in [-0.2, 0) is 14.8 Å². The third-order valence-electron chi connectivity index (χ3n) is 4.95. The van der Waals surface area contributed by atoms with Crippen LogP contribution >= 0.6 is 23.1 Å². The fourth-order valence-corrected chi connectivity index (χ4v) is 7.05. The van der Waals surface area contributed by atoms with E-state index in [1.807, 2.05) is 24.3 Å². The Morgan fingerprint density at radius 3 is 2.88 bits per heavy atom. The molecule has 2 aromatic heterocycles. The summed E-state index contributed by atoms with van der Waals surface area (Å²) in [7, 11) is -3.58. The number of anilines is 1. The highest BCUT2D eigenvalue weighted by molar-refractivity contribution is 7.99. The zero-order chi connectivity index (χ0) is 22.7. The molecule has 0 spiro atoms.